The van der Waals surface area contributed by atoms with Crippen LogP contribution in [-0.4, -0.2) is 41.2 Å². The molecule has 1 aliphatic rings. The summed E-state index contributed by atoms with van der Waals surface area (Å²) in [5.41, 5.74) is 0.978. The number of aromatic nitrogens is 2. The number of rotatable bonds is 6. The monoisotopic (exact) mass is 357 g/mol. The van der Waals surface area contributed by atoms with Gasteiger partial charge in [-0.3, -0.25) is 4.79 Å². The average molecular weight is 357 g/mol. The first-order chi connectivity index (χ1) is 12.2. The van der Waals surface area contributed by atoms with Gasteiger partial charge in [-0.25, -0.2) is 0 Å². The summed E-state index contributed by atoms with van der Waals surface area (Å²) in [5.74, 6) is 1.42. The normalized spacial score (nSPS) is 15.2. The highest BCUT2D eigenvalue weighted by Crippen LogP contribution is 2.36. The highest BCUT2D eigenvalue weighted by Gasteiger charge is 2.26. The van der Waals surface area contributed by atoms with E-state index < -0.39 is 0 Å². The number of ether oxygens (including phenoxy) is 1. The van der Waals surface area contributed by atoms with Gasteiger partial charge >= 0.3 is 0 Å². The third-order valence-electron chi connectivity index (χ3n) is 4.54. The molecule has 0 unspecified atom stereocenters. The second-order valence-corrected chi connectivity index (χ2v) is 7.14. The van der Waals surface area contributed by atoms with Gasteiger partial charge in [0.1, 0.15) is 10.8 Å². The summed E-state index contributed by atoms with van der Waals surface area (Å²) in [6, 6.07) is 7.86. The van der Waals surface area contributed by atoms with Crippen molar-refractivity contribution < 1.29 is 9.53 Å². The van der Waals surface area contributed by atoms with Crippen molar-refractivity contribution >= 4 is 17.2 Å². The first kappa shape index (κ1) is 17.6. The van der Waals surface area contributed by atoms with Crippen molar-refractivity contribution in [2.75, 3.05) is 20.2 Å². The SMILES string of the molecule is C=CCCC(=O)N1CCC(c2nnc(-c3ccccc3OC)s2)CC1. The fourth-order valence-corrected chi connectivity index (χ4v) is 4.13. The Morgan fingerprint density at radius 2 is 2.12 bits per heavy atom. The Hall–Kier alpha value is -2.21. The van der Waals surface area contributed by atoms with Crippen molar-refractivity contribution in [2.45, 2.75) is 31.6 Å². The van der Waals surface area contributed by atoms with Crippen molar-refractivity contribution in [1.82, 2.24) is 15.1 Å². The summed E-state index contributed by atoms with van der Waals surface area (Å²) in [6.45, 7) is 5.27. The third kappa shape index (κ3) is 4.07. The molecule has 25 heavy (non-hydrogen) atoms. The van der Waals surface area contributed by atoms with E-state index in [4.69, 9.17) is 4.74 Å². The van der Waals surface area contributed by atoms with E-state index in [1.807, 2.05) is 29.2 Å². The number of carbonyl (C=O) groups is 1. The first-order valence-corrected chi connectivity index (χ1v) is 9.40. The molecule has 0 spiro atoms. The van der Waals surface area contributed by atoms with Gasteiger partial charge in [0.15, 0.2) is 5.01 Å². The Kier molecular flexibility index (Phi) is 5.81. The summed E-state index contributed by atoms with van der Waals surface area (Å²) in [6.07, 6.45) is 4.99. The Labute approximate surface area is 152 Å². The van der Waals surface area contributed by atoms with E-state index in [2.05, 4.69) is 16.8 Å². The first-order valence-electron chi connectivity index (χ1n) is 8.58. The number of hydrogen-bond donors (Lipinski definition) is 0. The van der Waals surface area contributed by atoms with E-state index in [0.717, 1.165) is 53.7 Å². The Morgan fingerprint density at radius 3 is 2.84 bits per heavy atom. The molecule has 6 heteroatoms. The summed E-state index contributed by atoms with van der Waals surface area (Å²) in [4.78, 5) is 14.1. The average Bonchev–Trinajstić information content (AvgIpc) is 3.16. The maximum atomic E-state index is 12.1. The number of likely N-dealkylation sites (tertiary alicyclic amines) is 1. The highest BCUT2D eigenvalue weighted by molar-refractivity contribution is 7.14. The van der Waals surface area contributed by atoms with Crippen molar-refractivity contribution in [3.63, 3.8) is 0 Å². The van der Waals surface area contributed by atoms with Gasteiger partial charge in [-0.2, -0.15) is 0 Å². The van der Waals surface area contributed by atoms with Crippen LogP contribution in [0.5, 0.6) is 5.75 Å². The quantitative estimate of drug-likeness (QED) is 0.736. The van der Waals surface area contributed by atoms with Gasteiger partial charge in [0.2, 0.25) is 5.91 Å². The van der Waals surface area contributed by atoms with Gasteiger partial charge in [-0.15, -0.1) is 16.8 Å². The zero-order valence-electron chi connectivity index (χ0n) is 14.5. The molecular weight excluding hydrogens is 334 g/mol. The van der Waals surface area contributed by atoms with Crippen LogP contribution >= 0.6 is 11.3 Å². The summed E-state index contributed by atoms with van der Waals surface area (Å²) >= 11 is 1.63. The topological polar surface area (TPSA) is 55.3 Å². The van der Waals surface area contributed by atoms with Crippen LogP contribution in [0.15, 0.2) is 36.9 Å². The van der Waals surface area contributed by atoms with Crippen LogP contribution in [0.4, 0.5) is 0 Å². The molecule has 1 aliphatic heterocycles. The molecule has 0 atom stereocenters. The molecule has 1 saturated heterocycles. The number of para-hydroxylation sites is 1. The summed E-state index contributed by atoms with van der Waals surface area (Å²) in [7, 11) is 1.67. The number of carbonyl (C=O) groups excluding carboxylic acids is 1. The molecule has 0 N–H and O–H groups in total. The lowest BCUT2D eigenvalue weighted by molar-refractivity contribution is -0.132. The maximum absolute atomic E-state index is 12.1. The van der Waals surface area contributed by atoms with E-state index in [9.17, 15) is 4.79 Å². The fraction of sp³-hybridized carbons (Fsp3) is 0.421. The molecule has 1 aromatic heterocycles. The minimum atomic E-state index is 0.227. The van der Waals surface area contributed by atoms with Crippen molar-refractivity contribution in [2.24, 2.45) is 0 Å². The lowest BCUT2D eigenvalue weighted by Gasteiger charge is -2.31. The second-order valence-electron chi connectivity index (χ2n) is 6.13. The minimum Gasteiger partial charge on any atom is -0.496 e. The van der Waals surface area contributed by atoms with Crippen LogP contribution < -0.4 is 4.74 Å². The molecule has 2 heterocycles. The zero-order valence-corrected chi connectivity index (χ0v) is 15.3. The van der Waals surface area contributed by atoms with Crippen molar-refractivity contribution in [3.8, 4) is 16.3 Å². The van der Waals surface area contributed by atoms with Gasteiger partial charge in [0, 0.05) is 25.4 Å². The second kappa shape index (κ2) is 8.25. The van der Waals surface area contributed by atoms with Gasteiger partial charge in [0.05, 0.1) is 12.7 Å². The number of hydrogen-bond acceptors (Lipinski definition) is 5. The third-order valence-corrected chi connectivity index (χ3v) is 5.66. The van der Waals surface area contributed by atoms with E-state index in [1.165, 1.54) is 0 Å². The Balaban J connectivity index is 1.64. The van der Waals surface area contributed by atoms with Crippen molar-refractivity contribution in [1.29, 1.82) is 0 Å². The van der Waals surface area contributed by atoms with Crippen LogP contribution in [-0.2, 0) is 4.79 Å². The number of amides is 1. The molecule has 1 aromatic carbocycles. The number of benzene rings is 1. The summed E-state index contributed by atoms with van der Waals surface area (Å²) < 4.78 is 5.41. The fourth-order valence-electron chi connectivity index (χ4n) is 3.09. The van der Waals surface area contributed by atoms with Gasteiger partial charge in [-0.1, -0.05) is 29.5 Å². The Bertz CT molecular complexity index is 736. The summed E-state index contributed by atoms with van der Waals surface area (Å²) in [5, 5.41) is 10.7. The van der Waals surface area contributed by atoms with Gasteiger partial charge in [-0.05, 0) is 31.4 Å². The van der Waals surface area contributed by atoms with Gasteiger partial charge < -0.3 is 9.64 Å². The molecule has 2 aromatic rings. The van der Waals surface area contributed by atoms with E-state index in [0.29, 0.717) is 12.3 Å². The molecule has 0 bridgehead atoms. The molecule has 132 valence electrons. The molecule has 0 aliphatic carbocycles. The highest BCUT2D eigenvalue weighted by atomic mass is 32.1. The van der Waals surface area contributed by atoms with E-state index in [-0.39, 0.29) is 5.91 Å². The van der Waals surface area contributed by atoms with Crippen LogP contribution in [0.1, 0.15) is 36.6 Å². The number of allylic oxidation sites excluding steroid dienone is 1. The van der Waals surface area contributed by atoms with Crippen LogP contribution in [0.2, 0.25) is 0 Å². The molecular formula is C19H23N3O2S. The molecule has 0 saturated carbocycles. The number of methoxy groups -OCH3 is 1. The van der Waals surface area contributed by atoms with Crippen LogP contribution in [0.25, 0.3) is 10.6 Å². The van der Waals surface area contributed by atoms with Gasteiger partial charge in [0.25, 0.3) is 0 Å². The maximum Gasteiger partial charge on any atom is 0.222 e. The minimum absolute atomic E-state index is 0.227. The van der Waals surface area contributed by atoms with E-state index in [1.54, 1.807) is 24.5 Å². The number of piperidine rings is 1. The lowest BCUT2D eigenvalue weighted by atomic mass is 9.97. The predicted molar refractivity (Wildman–Crippen MR) is 99.9 cm³/mol. The number of nitrogens with zero attached hydrogens (tertiary/aromatic N) is 3. The van der Waals surface area contributed by atoms with Crippen LogP contribution in [0.3, 0.4) is 0 Å². The van der Waals surface area contributed by atoms with Crippen molar-refractivity contribution in [3.05, 3.63) is 41.9 Å². The zero-order chi connectivity index (χ0) is 17.6. The molecule has 3 rings (SSSR count). The molecule has 5 nitrogen and oxygen atoms in total. The Morgan fingerprint density at radius 1 is 1.36 bits per heavy atom. The van der Waals surface area contributed by atoms with E-state index >= 15 is 0 Å². The molecule has 1 fully saturated rings. The van der Waals surface area contributed by atoms with Crippen LogP contribution in [0, 0.1) is 0 Å². The smallest absolute Gasteiger partial charge is 0.222 e. The molecule has 1 amide bonds. The largest absolute Gasteiger partial charge is 0.496 e. The standard InChI is InChI=1S/C19H23N3O2S/c1-3-4-9-17(23)22-12-10-14(11-13-22)18-20-21-19(25-18)15-7-5-6-8-16(15)24-2/h3,5-8,14H,1,4,9-13H2,2H3. The molecule has 0 radical (unpaired) electrons. The predicted octanol–water partition coefficient (Wildman–Crippen LogP) is 3.89. The lowest BCUT2D eigenvalue weighted by Crippen LogP contribution is -2.37.